The third-order valence-electron chi connectivity index (χ3n) is 3.01. The van der Waals surface area contributed by atoms with Crippen LogP contribution in [0.15, 0.2) is 42.5 Å². The lowest BCUT2D eigenvalue weighted by atomic mass is 10.2. The number of carbonyl (C=O) groups excluding carboxylic acids is 2. The van der Waals surface area contributed by atoms with Gasteiger partial charge in [0.25, 0.3) is 0 Å². The fraction of sp³-hybridized carbons (Fsp3) is 0.125. The highest BCUT2D eigenvalue weighted by atomic mass is 35.5. The Balaban J connectivity index is 2.11. The molecule has 22 heavy (non-hydrogen) atoms. The topological polar surface area (TPSA) is 67.4 Å². The molecule has 6 heteroatoms. The van der Waals surface area contributed by atoms with Crippen LogP contribution in [0.1, 0.15) is 5.56 Å². The van der Waals surface area contributed by atoms with Crippen molar-refractivity contribution < 1.29 is 14.3 Å². The van der Waals surface area contributed by atoms with E-state index in [4.69, 9.17) is 16.3 Å². The van der Waals surface area contributed by atoms with Crippen molar-refractivity contribution in [3.8, 4) is 5.75 Å². The van der Waals surface area contributed by atoms with E-state index in [-0.39, 0.29) is 0 Å². The largest absolute Gasteiger partial charge is 0.495 e. The number of ether oxygens (including phenoxy) is 1. The van der Waals surface area contributed by atoms with Gasteiger partial charge in [-0.1, -0.05) is 29.8 Å². The lowest BCUT2D eigenvalue weighted by molar-refractivity contribution is -0.133. The summed E-state index contributed by atoms with van der Waals surface area (Å²) in [6, 6.07) is 11.9. The standard InChI is InChI=1S/C16H15ClN2O3/c1-10-5-3-4-6-12(10)18-15(20)16(21)19-13-9-11(17)7-8-14(13)22-2/h3-9H,1-2H3,(H,18,20)(H,19,21). The van der Waals surface area contributed by atoms with E-state index in [1.165, 1.54) is 13.2 Å². The number of anilines is 2. The van der Waals surface area contributed by atoms with Crippen LogP contribution in [0, 0.1) is 6.92 Å². The van der Waals surface area contributed by atoms with Gasteiger partial charge in [0.2, 0.25) is 0 Å². The molecule has 114 valence electrons. The van der Waals surface area contributed by atoms with Crippen LogP contribution in [0.4, 0.5) is 11.4 Å². The van der Waals surface area contributed by atoms with Gasteiger partial charge in [0.1, 0.15) is 5.75 Å². The molecule has 0 saturated carbocycles. The Kier molecular flexibility index (Phi) is 5.01. The summed E-state index contributed by atoms with van der Waals surface area (Å²) in [4.78, 5) is 23.9. The van der Waals surface area contributed by atoms with Crippen LogP contribution in [0.2, 0.25) is 5.02 Å². The lowest BCUT2D eigenvalue weighted by Gasteiger charge is -2.11. The zero-order valence-electron chi connectivity index (χ0n) is 12.1. The van der Waals surface area contributed by atoms with Crippen molar-refractivity contribution in [1.29, 1.82) is 0 Å². The van der Waals surface area contributed by atoms with Crippen LogP contribution in [-0.2, 0) is 9.59 Å². The molecule has 0 heterocycles. The van der Waals surface area contributed by atoms with Crippen LogP contribution in [0.25, 0.3) is 0 Å². The van der Waals surface area contributed by atoms with Crippen LogP contribution in [-0.4, -0.2) is 18.9 Å². The summed E-state index contributed by atoms with van der Waals surface area (Å²) in [6.07, 6.45) is 0. The number of halogens is 1. The average molecular weight is 319 g/mol. The highest BCUT2D eigenvalue weighted by Gasteiger charge is 2.17. The van der Waals surface area contributed by atoms with E-state index >= 15 is 0 Å². The molecular formula is C16H15ClN2O3. The zero-order chi connectivity index (χ0) is 16.1. The molecule has 0 unspecified atom stereocenters. The molecule has 2 N–H and O–H groups in total. The predicted molar refractivity (Wildman–Crippen MR) is 86.4 cm³/mol. The fourth-order valence-corrected chi connectivity index (χ4v) is 2.02. The monoisotopic (exact) mass is 318 g/mol. The van der Waals surface area contributed by atoms with Gasteiger partial charge in [0.05, 0.1) is 12.8 Å². The summed E-state index contributed by atoms with van der Waals surface area (Å²) in [5, 5.41) is 5.47. The first kappa shape index (κ1) is 15.9. The predicted octanol–water partition coefficient (Wildman–Crippen LogP) is 3.23. The first-order valence-electron chi connectivity index (χ1n) is 6.52. The zero-order valence-corrected chi connectivity index (χ0v) is 12.9. The summed E-state index contributed by atoms with van der Waals surface area (Å²) in [7, 11) is 1.46. The minimum atomic E-state index is -0.802. The Morgan fingerprint density at radius 1 is 1.00 bits per heavy atom. The summed E-state index contributed by atoms with van der Waals surface area (Å²) in [5.41, 5.74) is 1.78. The number of aryl methyl sites for hydroxylation is 1. The molecule has 0 aliphatic heterocycles. The molecule has 2 aromatic carbocycles. The number of hydrogen-bond donors (Lipinski definition) is 2. The second-order valence-electron chi connectivity index (χ2n) is 4.57. The molecule has 5 nitrogen and oxygen atoms in total. The Morgan fingerprint density at radius 2 is 1.64 bits per heavy atom. The van der Waals surface area contributed by atoms with Crippen molar-refractivity contribution in [3.63, 3.8) is 0 Å². The van der Waals surface area contributed by atoms with E-state index in [1.807, 2.05) is 19.1 Å². The number of benzene rings is 2. The van der Waals surface area contributed by atoms with Gasteiger partial charge in [-0.15, -0.1) is 0 Å². The van der Waals surface area contributed by atoms with Crippen LogP contribution < -0.4 is 15.4 Å². The lowest BCUT2D eigenvalue weighted by Crippen LogP contribution is -2.29. The van der Waals surface area contributed by atoms with Gasteiger partial charge in [-0.05, 0) is 36.8 Å². The molecule has 0 fully saturated rings. The van der Waals surface area contributed by atoms with Gasteiger partial charge in [-0.3, -0.25) is 9.59 Å². The molecule has 0 aromatic heterocycles. The summed E-state index contributed by atoms with van der Waals surface area (Å²) < 4.78 is 5.11. The summed E-state index contributed by atoms with van der Waals surface area (Å²) in [6.45, 7) is 1.84. The molecular weight excluding hydrogens is 304 g/mol. The highest BCUT2D eigenvalue weighted by Crippen LogP contribution is 2.27. The van der Waals surface area contributed by atoms with Gasteiger partial charge >= 0.3 is 11.8 Å². The first-order valence-corrected chi connectivity index (χ1v) is 6.90. The van der Waals surface area contributed by atoms with Gasteiger partial charge in [0.15, 0.2) is 0 Å². The number of methoxy groups -OCH3 is 1. The van der Waals surface area contributed by atoms with Crippen LogP contribution in [0.5, 0.6) is 5.75 Å². The maximum absolute atomic E-state index is 12.0. The smallest absolute Gasteiger partial charge is 0.314 e. The quantitative estimate of drug-likeness (QED) is 0.854. The Labute approximate surface area is 133 Å². The third kappa shape index (κ3) is 3.77. The fourth-order valence-electron chi connectivity index (χ4n) is 1.85. The summed E-state index contributed by atoms with van der Waals surface area (Å²) >= 11 is 5.88. The van der Waals surface area contributed by atoms with E-state index < -0.39 is 11.8 Å². The number of carbonyl (C=O) groups is 2. The third-order valence-corrected chi connectivity index (χ3v) is 3.24. The molecule has 2 amide bonds. The summed E-state index contributed by atoms with van der Waals surface area (Å²) in [5.74, 6) is -1.15. The SMILES string of the molecule is COc1ccc(Cl)cc1NC(=O)C(=O)Nc1ccccc1C. The van der Waals surface area contributed by atoms with Gasteiger partial charge in [-0.2, -0.15) is 0 Å². The molecule has 0 saturated heterocycles. The van der Waals surface area contributed by atoms with E-state index in [1.54, 1.807) is 24.3 Å². The second-order valence-corrected chi connectivity index (χ2v) is 5.00. The highest BCUT2D eigenvalue weighted by molar-refractivity contribution is 6.44. The van der Waals surface area contributed by atoms with Crippen molar-refractivity contribution in [2.75, 3.05) is 17.7 Å². The van der Waals surface area contributed by atoms with Crippen molar-refractivity contribution in [3.05, 3.63) is 53.1 Å². The molecule has 0 aliphatic rings. The van der Waals surface area contributed by atoms with Crippen molar-refractivity contribution in [2.45, 2.75) is 6.92 Å². The normalized spacial score (nSPS) is 9.95. The van der Waals surface area contributed by atoms with Crippen LogP contribution >= 0.6 is 11.6 Å². The number of rotatable bonds is 3. The van der Waals surface area contributed by atoms with E-state index in [0.29, 0.717) is 22.1 Å². The maximum Gasteiger partial charge on any atom is 0.314 e. The minimum Gasteiger partial charge on any atom is -0.495 e. The molecule has 0 radical (unpaired) electrons. The van der Waals surface area contributed by atoms with Crippen molar-refractivity contribution in [2.24, 2.45) is 0 Å². The van der Waals surface area contributed by atoms with Gasteiger partial charge in [-0.25, -0.2) is 0 Å². The molecule has 2 aromatic rings. The van der Waals surface area contributed by atoms with E-state index in [9.17, 15) is 9.59 Å². The first-order chi connectivity index (χ1) is 10.5. The molecule has 0 spiro atoms. The minimum absolute atomic E-state index is 0.333. The number of hydrogen-bond acceptors (Lipinski definition) is 3. The number of nitrogens with one attached hydrogen (secondary N) is 2. The van der Waals surface area contributed by atoms with E-state index in [0.717, 1.165) is 5.56 Å². The molecule has 2 rings (SSSR count). The average Bonchev–Trinajstić information content (AvgIpc) is 2.49. The number of para-hydroxylation sites is 1. The van der Waals surface area contributed by atoms with E-state index in [2.05, 4.69) is 10.6 Å². The van der Waals surface area contributed by atoms with Gasteiger partial charge in [0, 0.05) is 10.7 Å². The van der Waals surface area contributed by atoms with Gasteiger partial charge < -0.3 is 15.4 Å². The maximum atomic E-state index is 12.0. The van der Waals surface area contributed by atoms with Crippen molar-refractivity contribution >= 4 is 34.8 Å². The molecule has 0 atom stereocenters. The second kappa shape index (κ2) is 6.95. The molecule has 0 bridgehead atoms. The Hall–Kier alpha value is -2.53. The Bertz CT molecular complexity index is 716. The van der Waals surface area contributed by atoms with Crippen LogP contribution in [0.3, 0.4) is 0 Å². The number of amides is 2. The van der Waals surface area contributed by atoms with Crippen molar-refractivity contribution in [1.82, 2.24) is 0 Å². The Morgan fingerprint density at radius 3 is 2.27 bits per heavy atom. The molecule has 0 aliphatic carbocycles.